The van der Waals surface area contributed by atoms with Crippen molar-refractivity contribution in [1.29, 1.82) is 0 Å². The van der Waals surface area contributed by atoms with E-state index >= 15 is 0 Å². The fraction of sp³-hybridized carbons (Fsp3) is 0.667. The molecule has 1 aromatic heterocycles. The molecule has 1 atom stereocenters. The van der Waals surface area contributed by atoms with Gasteiger partial charge in [-0.2, -0.15) is 4.39 Å². The first-order valence-corrected chi connectivity index (χ1v) is 7.38. The van der Waals surface area contributed by atoms with Gasteiger partial charge in [-0.3, -0.25) is 4.90 Å². The molecule has 0 spiro atoms. The van der Waals surface area contributed by atoms with Crippen LogP contribution in [0.1, 0.15) is 44.2 Å². The van der Waals surface area contributed by atoms with Crippen LogP contribution < -0.4 is 5.32 Å². The van der Waals surface area contributed by atoms with Crippen LogP contribution in [0.5, 0.6) is 0 Å². The van der Waals surface area contributed by atoms with Crippen molar-refractivity contribution in [2.45, 2.75) is 38.6 Å². The summed E-state index contributed by atoms with van der Waals surface area (Å²) in [5, 5.41) is 3.35. The third-order valence-electron chi connectivity index (χ3n) is 3.82. The van der Waals surface area contributed by atoms with Gasteiger partial charge in [-0.15, -0.1) is 24.8 Å². The topological polar surface area (TPSA) is 28.2 Å². The summed E-state index contributed by atoms with van der Waals surface area (Å²) in [6, 6.07) is 3.91. The van der Waals surface area contributed by atoms with Crippen molar-refractivity contribution in [2.24, 2.45) is 0 Å². The second kappa shape index (κ2) is 11.2. The molecule has 21 heavy (non-hydrogen) atoms. The Hall–Kier alpha value is -0.420. The van der Waals surface area contributed by atoms with Crippen LogP contribution in [0.15, 0.2) is 18.3 Å². The van der Waals surface area contributed by atoms with Crippen LogP contribution in [-0.2, 0) is 0 Å². The number of nitrogens with zero attached hydrogens (tertiary/aromatic N) is 2. The van der Waals surface area contributed by atoms with Crippen LogP contribution >= 0.6 is 24.8 Å². The fourth-order valence-electron chi connectivity index (χ4n) is 2.76. The minimum absolute atomic E-state index is 0. The zero-order valence-corrected chi connectivity index (χ0v) is 14.2. The maximum atomic E-state index is 14.0. The minimum atomic E-state index is -0.303. The van der Waals surface area contributed by atoms with E-state index in [2.05, 4.69) is 22.1 Å². The van der Waals surface area contributed by atoms with Crippen LogP contribution in [0.3, 0.4) is 0 Å². The van der Waals surface area contributed by atoms with Gasteiger partial charge in [0.25, 0.3) is 0 Å². The van der Waals surface area contributed by atoms with Gasteiger partial charge in [0.05, 0.1) is 0 Å². The normalized spacial score (nSPS) is 16.7. The smallest absolute Gasteiger partial charge is 0.217 e. The number of pyridine rings is 1. The largest absolute Gasteiger partial charge is 0.314 e. The van der Waals surface area contributed by atoms with Gasteiger partial charge in [-0.05, 0) is 12.5 Å². The van der Waals surface area contributed by atoms with E-state index in [0.717, 1.165) is 44.6 Å². The highest BCUT2D eigenvalue weighted by molar-refractivity contribution is 5.85. The van der Waals surface area contributed by atoms with Gasteiger partial charge in [-0.25, -0.2) is 4.98 Å². The Morgan fingerprint density at radius 3 is 2.62 bits per heavy atom. The molecule has 0 saturated carbocycles. The molecule has 1 aromatic rings. The Morgan fingerprint density at radius 1 is 1.29 bits per heavy atom. The van der Waals surface area contributed by atoms with Gasteiger partial charge < -0.3 is 5.32 Å². The Labute approximate surface area is 139 Å². The number of unbranched alkanes of at least 4 members (excludes halogenated alkanes) is 2. The zero-order chi connectivity index (χ0) is 13.5. The molecule has 0 aromatic carbocycles. The molecule has 1 aliphatic rings. The van der Waals surface area contributed by atoms with Gasteiger partial charge in [-0.1, -0.05) is 32.3 Å². The van der Waals surface area contributed by atoms with E-state index in [1.165, 1.54) is 19.0 Å². The monoisotopic (exact) mass is 337 g/mol. The van der Waals surface area contributed by atoms with Crippen molar-refractivity contribution >= 4 is 24.8 Å². The molecule has 122 valence electrons. The van der Waals surface area contributed by atoms with Crippen LogP contribution in [0.2, 0.25) is 0 Å². The zero-order valence-electron chi connectivity index (χ0n) is 12.6. The number of halogens is 3. The molecule has 0 amide bonds. The molecule has 1 fully saturated rings. The SMILES string of the molecule is CCCCC[C@@H](c1cccnc1F)N1CCNCC1.Cl.Cl. The molecule has 3 nitrogen and oxygen atoms in total. The lowest BCUT2D eigenvalue weighted by Gasteiger charge is -2.35. The van der Waals surface area contributed by atoms with Gasteiger partial charge in [0.15, 0.2) is 0 Å². The summed E-state index contributed by atoms with van der Waals surface area (Å²) in [4.78, 5) is 6.21. The van der Waals surface area contributed by atoms with E-state index in [4.69, 9.17) is 0 Å². The molecule has 0 bridgehead atoms. The lowest BCUT2D eigenvalue weighted by atomic mass is 9.99. The van der Waals surface area contributed by atoms with Gasteiger partial charge >= 0.3 is 0 Å². The Morgan fingerprint density at radius 2 is 2.00 bits per heavy atom. The van der Waals surface area contributed by atoms with Crippen molar-refractivity contribution in [2.75, 3.05) is 26.2 Å². The maximum absolute atomic E-state index is 14.0. The summed E-state index contributed by atoms with van der Waals surface area (Å²) in [6.45, 7) is 6.17. The first kappa shape index (κ1) is 20.6. The van der Waals surface area contributed by atoms with E-state index in [0.29, 0.717) is 0 Å². The van der Waals surface area contributed by atoms with Crippen molar-refractivity contribution < 1.29 is 4.39 Å². The quantitative estimate of drug-likeness (QED) is 0.635. The highest BCUT2D eigenvalue weighted by atomic mass is 35.5. The van der Waals surface area contributed by atoms with E-state index in [1.807, 2.05) is 12.1 Å². The van der Waals surface area contributed by atoms with Gasteiger partial charge in [0.2, 0.25) is 5.95 Å². The third kappa shape index (κ3) is 6.07. The molecule has 1 N–H and O–H groups in total. The molecule has 0 radical (unpaired) electrons. The van der Waals surface area contributed by atoms with E-state index in [-0.39, 0.29) is 36.8 Å². The second-order valence-electron chi connectivity index (χ2n) is 5.18. The maximum Gasteiger partial charge on any atom is 0.217 e. The Kier molecular flexibility index (Phi) is 11.0. The highest BCUT2D eigenvalue weighted by Crippen LogP contribution is 2.28. The van der Waals surface area contributed by atoms with E-state index in [9.17, 15) is 4.39 Å². The second-order valence-corrected chi connectivity index (χ2v) is 5.18. The molecule has 1 aliphatic heterocycles. The predicted molar refractivity (Wildman–Crippen MR) is 90.0 cm³/mol. The first-order chi connectivity index (χ1) is 9.33. The number of rotatable bonds is 6. The highest BCUT2D eigenvalue weighted by Gasteiger charge is 2.24. The standard InChI is InChI=1S/C15H24FN3.2ClH/c1-2-3-4-7-14(19-11-9-17-10-12-19)13-6-5-8-18-15(13)16;;/h5-6,8,14,17H,2-4,7,9-12H2,1H3;2*1H/t14-;;/m0../s1. The molecule has 0 aliphatic carbocycles. The summed E-state index contributed by atoms with van der Waals surface area (Å²) in [5.74, 6) is -0.303. The van der Waals surface area contributed by atoms with Crippen LogP contribution in [-0.4, -0.2) is 36.1 Å². The number of nitrogens with one attached hydrogen (secondary N) is 1. The van der Waals surface area contributed by atoms with E-state index < -0.39 is 0 Å². The Bertz CT molecular complexity index is 387. The summed E-state index contributed by atoms with van der Waals surface area (Å²) >= 11 is 0. The summed E-state index contributed by atoms with van der Waals surface area (Å²) in [7, 11) is 0. The van der Waals surface area contributed by atoms with Crippen molar-refractivity contribution in [1.82, 2.24) is 15.2 Å². The molecule has 2 heterocycles. The van der Waals surface area contributed by atoms with E-state index in [1.54, 1.807) is 0 Å². The number of hydrogen-bond acceptors (Lipinski definition) is 3. The molecule has 2 rings (SSSR count). The van der Waals surface area contributed by atoms with Crippen molar-refractivity contribution in [3.63, 3.8) is 0 Å². The minimum Gasteiger partial charge on any atom is -0.314 e. The lowest BCUT2D eigenvalue weighted by molar-refractivity contribution is 0.159. The molecule has 1 saturated heterocycles. The van der Waals surface area contributed by atoms with Gasteiger partial charge in [0.1, 0.15) is 0 Å². The van der Waals surface area contributed by atoms with Crippen LogP contribution in [0.4, 0.5) is 4.39 Å². The van der Waals surface area contributed by atoms with Gasteiger partial charge in [0, 0.05) is 44.0 Å². The average molecular weight is 338 g/mol. The molecular formula is C15H26Cl2FN3. The third-order valence-corrected chi connectivity index (χ3v) is 3.82. The number of piperazine rings is 1. The summed E-state index contributed by atoms with van der Waals surface area (Å²) < 4.78 is 14.0. The summed E-state index contributed by atoms with van der Waals surface area (Å²) in [6.07, 6.45) is 6.11. The summed E-state index contributed by atoms with van der Waals surface area (Å²) in [5.41, 5.74) is 0.764. The van der Waals surface area contributed by atoms with Crippen molar-refractivity contribution in [3.8, 4) is 0 Å². The first-order valence-electron chi connectivity index (χ1n) is 7.38. The molecule has 6 heteroatoms. The van der Waals surface area contributed by atoms with Crippen LogP contribution in [0.25, 0.3) is 0 Å². The average Bonchev–Trinajstić information content (AvgIpc) is 2.46. The van der Waals surface area contributed by atoms with Crippen LogP contribution in [0, 0.1) is 5.95 Å². The number of aromatic nitrogens is 1. The predicted octanol–water partition coefficient (Wildman–Crippen LogP) is 3.59. The Balaban J connectivity index is 0.00000200. The molecular weight excluding hydrogens is 312 g/mol. The number of hydrogen-bond donors (Lipinski definition) is 1. The molecule has 0 unspecified atom stereocenters. The lowest BCUT2D eigenvalue weighted by Crippen LogP contribution is -2.45. The van der Waals surface area contributed by atoms with Crippen molar-refractivity contribution in [3.05, 3.63) is 29.8 Å². The fourth-order valence-corrected chi connectivity index (χ4v) is 2.76.